The smallest absolute Gasteiger partial charge is 0.305 e. The van der Waals surface area contributed by atoms with Crippen molar-refractivity contribution < 1.29 is 14.3 Å². The minimum Gasteiger partial charge on any atom is -0.469 e. The molecule has 0 saturated carbocycles. The molecule has 5 nitrogen and oxygen atoms in total. The van der Waals surface area contributed by atoms with Crippen molar-refractivity contribution in [1.82, 2.24) is 4.90 Å². The predicted octanol–water partition coefficient (Wildman–Crippen LogP) is 0.525. The van der Waals surface area contributed by atoms with Gasteiger partial charge in [0.2, 0.25) is 5.91 Å². The van der Waals surface area contributed by atoms with E-state index >= 15 is 0 Å². The summed E-state index contributed by atoms with van der Waals surface area (Å²) in [7, 11) is 3.10. The fourth-order valence-corrected chi connectivity index (χ4v) is 1.23. The van der Waals surface area contributed by atoms with Crippen LogP contribution in [0.3, 0.4) is 0 Å². The SMILES string of the molecule is COC(=O)CCCN(C)C(=O)CCC(C)N. The third-order valence-corrected chi connectivity index (χ3v) is 2.34. The van der Waals surface area contributed by atoms with Gasteiger partial charge in [-0.15, -0.1) is 0 Å². The molecule has 94 valence electrons. The standard InChI is InChI=1S/C11H22N2O3/c1-9(12)6-7-10(14)13(2)8-4-5-11(15)16-3/h9H,4-8,12H2,1-3H3. The molecular formula is C11H22N2O3. The first-order valence-corrected chi connectivity index (χ1v) is 5.53. The molecule has 0 heterocycles. The van der Waals surface area contributed by atoms with Gasteiger partial charge in [-0.3, -0.25) is 9.59 Å². The number of rotatable bonds is 7. The summed E-state index contributed by atoms with van der Waals surface area (Å²) in [4.78, 5) is 24.0. The van der Waals surface area contributed by atoms with Gasteiger partial charge in [-0.1, -0.05) is 0 Å². The number of carbonyl (C=O) groups excluding carboxylic acids is 2. The van der Waals surface area contributed by atoms with E-state index in [9.17, 15) is 9.59 Å². The van der Waals surface area contributed by atoms with E-state index in [0.717, 1.165) is 0 Å². The van der Waals surface area contributed by atoms with Crippen molar-refractivity contribution in [2.45, 2.75) is 38.6 Å². The molecule has 16 heavy (non-hydrogen) atoms. The van der Waals surface area contributed by atoms with Gasteiger partial charge in [0.25, 0.3) is 0 Å². The zero-order valence-electron chi connectivity index (χ0n) is 10.4. The zero-order chi connectivity index (χ0) is 12.6. The van der Waals surface area contributed by atoms with E-state index in [4.69, 9.17) is 5.73 Å². The van der Waals surface area contributed by atoms with Crippen molar-refractivity contribution >= 4 is 11.9 Å². The molecule has 1 unspecified atom stereocenters. The fourth-order valence-electron chi connectivity index (χ4n) is 1.23. The Labute approximate surface area is 96.9 Å². The molecule has 0 aliphatic heterocycles. The second-order valence-corrected chi connectivity index (χ2v) is 4.01. The van der Waals surface area contributed by atoms with E-state index in [0.29, 0.717) is 32.2 Å². The molecule has 1 amide bonds. The lowest BCUT2D eigenvalue weighted by Gasteiger charge is -2.17. The minimum absolute atomic E-state index is 0.0485. The fraction of sp³-hybridized carbons (Fsp3) is 0.818. The molecule has 0 radical (unpaired) electrons. The van der Waals surface area contributed by atoms with Crippen molar-refractivity contribution in [3.8, 4) is 0 Å². The molecule has 0 bridgehead atoms. The van der Waals surface area contributed by atoms with Crippen LogP contribution in [-0.4, -0.2) is 43.5 Å². The number of amides is 1. The quantitative estimate of drug-likeness (QED) is 0.647. The number of methoxy groups -OCH3 is 1. The molecule has 0 aromatic carbocycles. The maximum Gasteiger partial charge on any atom is 0.305 e. The predicted molar refractivity (Wildman–Crippen MR) is 61.8 cm³/mol. The topological polar surface area (TPSA) is 72.6 Å². The summed E-state index contributed by atoms with van der Waals surface area (Å²) in [5, 5.41) is 0. The van der Waals surface area contributed by atoms with Crippen LogP contribution in [0.15, 0.2) is 0 Å². The van der Waals surface area contributed by atoms with Crippen LogP contribution in [0, 0.1) is 0 Å². The van der Waals surface area contributed by atoms with Crippen molar-refractivity contribution in [2.24, 2.45) is 5.73 Å². The molecule has 0 aliphatic rings. The Morgan fingerprint density at radius 1 is 1.38 bits per heavy atom. The van der Waals surface area contributed by atoms with Crippen molar-refractivity contribution in [3.05, 3.63) is 0 Å². The molecule has 0 fully saturated rings. The summed E-state index contributed by atoms with van der Waals surface area (Å²) in [6.07, 6.45) is 2.14. The summed E-state index contributed by atoms with van der Waals surface area (Å²) >= 11 is 0. The molecule has 0 saturated heterocycles. The highest BCUT2D eigenvalue weighted by Gasteiger charge is 2.10. The van der Waals surface area contributed by atoms with E-state index in [1.165, 1.54) is 7.11 Å². The van der Waals surface area contributed by atoms with Crippen LogP contribution in [0.1, 0.15) is 32.6 Å². The average Bonchev–Trinajstić information content (AvgIpc) is 2.25. The Morgan fingerprint density at radius 3 is 2.50 bits per heavy atom. The van der Waals surface area contributed by atoms with Crippen LogP contribution in [-0.2, 0) is 14.3 Å². The van der Waals surface area contributed by atoms with Gasteiger partial charge in [0.05, 0.1) is 7.11 Å². The van der Waals surface area contributed by atoms with E-state index in [1.807, 2.05) is 6.92 Å². The van der Waals surface area contributed by atoms with Crippen molar-refractivity contribution in [2.75, 3.05) is 20.7 Å². The summed E-state index contributed by atoms with van der Waals surface area (Å²) in [5.41, 5.74) is 5.57. The number of nitrogens with zero attached hydrogens (tertiary/aromatic N) is 1. The first-order chi connectivity index (χ1) is 7.47. The number of carbonyl (C=O) groups is 2. The highest BCUT2D eigenvalue weighted by molar-refractivity contribution is 5.76. The van der Waals surface area contributed by atoms with E-state index < -0.39 is 0 Å². The first kappa shape index (κ1) is 14.9. The third kappa shape index (κ3) is 7.23. The Morgan fingerprint density at radius 2 is 2.00 bits per heavy atom. The number of ether oxygens (including phenoxy) is 1. The largest absolute Gasteiger partial charge is 0.469 e. The monoisotopic (exact) mass is 230 g/mol. The maximum atomic E-state index is 11.5. The Balaban J connectivity index is 3.67. The van der Waals surface area contributed by atoms with Crippen LogP contribution in [0.5, 0.6) is 0 Å². The molecule has 0 aromatic rings. The summed E-state index contributed by atoms with van der Waals surface area (Å²) in [6, 6.07) is 0.0485. The highest BCUT2D eigenvalue weighted by Crippen LogP contribution is 2.01. The van der Waals surface area contributed by atoms with Crippen LogP contribution in [0.2, 0.25) is 0 Å². The van der Waals surface area contributed by atoms with Crippen LogP contribution in [0.4, 0.5) is 0 Å². The van der Waals surface area contributed by atoms with Gasteiger partial charge in [0, 0.05) is 32.5 Å². The minimum atomic E-state index is -0.239. The number of esters is 1. The lowest BCUT2D eigenvalue weighted by Crippen LogP contribution is -2.29. The van der Waals surface area contributed by atoms with Gasteiger partial charge in [-0.2, -0.15) is 0 Å². The van der Waals surface area contributed by atoms with Crippen LogP contribution in [0.25, 0.3) is 0 Å². The Bertz CT molecular complexity index is 229. The first-order valence-electron chi connectivity index (χ1n) is 5.53. The molecular weight excluding hydrogens is 208 g/mol. The van der Waals surface area contributed by atoms with E-state index in [-0.39, 0.29) is 17.9 Å². The number of nitrogens with two attached hydrogens (primary N) is 1. The molecule has 0 aromatic heterocycles. The third-order valence-electron chi connectivity index (χ3n) is 2.34. The molecule has 1 atom stereocenters. The normalized spacial score (nSPS) is 12.0. The second-order valence-electron chi connectivity index (χ2n) is 4.01. The summed E-state index contributed by atoms with van der Waals surface area (Å²) in [5.74, 6) is -0.168. The molecule has 5 heteroatoms. The van der Waals surface area contributed by atoms with Gasteiger partial charge >= 0.3 is 5.97 Å². The number of hydrogen-bond acceptors (Lipinski definition) is 4. The van der Waals surface area contributed by atoms with Gasteiger partial charge in [0.1, 0.15) is 0 Å². The van der Waals surface area contributed by atoms with Crippen molar-refractivity contribution in [1.29, 1.82) is 0 Å². The Hall–Kier alpha value is -1.10. The molecule has 0 spiro atoms. The lowest BCUT2D eigenvalue weighted by molar-refractivity contribution is -0.141. The van der Waals surface area contributed by atoms with Crippen LogP contribution >= 0.6 is 0 Å². The lowest BCUT2D eigenvalue weighted by atomic mass is 10.2. The Kier molecular flexibility index (Phi) is 7.54. The maximum absolute atomic E-state index is 11.5. The average molecular weight is 230 g/mol. The van der Waals surface area contributed by atoms with Crippen molar-refractivity contribution in [3.63, 3.8) is 0 Å². The van der Waals surface area contributed by atoms with E-state index in [2.05, 4.69) is 4.74 Å². The highest BCUT2D eigenvalue weighted by atomic mass is 16.5. The summed E-state index contributed by atoms with van der Waals surface area (Å²) in [6.45, 7) is 2.46. The second kappa shape index (κ2) is 8.10. The van der Waals surface area contributed by atoms with Gasteiger partial charge in [-0.25, -0.2) is 0 Å². The van der Waals surface area contributed by atoms with Gasteiger partial charge in [0.15, 0.2) is 0 Å². The molecule has 0 aliphatic carbocycles. The van der Waals surface area contributed by atoms with Gasteiger partial charge in [-0.05, 0) is 19.8 Å². The molecule has 0 rings (SSSR count). The zero-order valence-corrected chi connectivity index (χ0v) is 10.4. The number of hydrogen-bond donors (Lipinski definition) is 1. The van der Waals surface area contributed by atoms with Crippen LogP contribution < -0.4 is 5.73 Å². The van der Waals surface area contributed by atoms with Gasteiger partial charge < -0.3 is 15.4 Å². The summed E-state index contributed by atoms with van der Waals surface area (Å²) < 4.78 is 4.51. The molecule has 2 N–H and O–H groups in total. The van der Waals surface area contributed by atoms with E-state index in [1.54, 1.807) is 11.9 Å².